The lowest BCUT2D eigenvalue weighted by Crippen LogP contribution is -2.17. The molecule has 0 aliphatic heterocycles. The highest BCUT2D eigenvalue weighted by atomic mass is 19.4. The SMILES string of the molecule is FC(F)(F)Oc1cccc(Cn2ccc3ccc(-c4ccc5ccn(Cc6cccc(OC(F)(F)F)c6)c5c4)cc32)c1. The van der Waals surface area contributed by atoms with Crippen LogP contribution in [0, 0.1) is 0 Å². The van der Waals surface area contributed by atoms with E-state index in [2.05, 4.69) is 9.47 Å². The normalized spacial score (nSPS) is 12.2. The van der Waals surface area contributed by atoms with Crippen LogP contribution in [0.1, 0.15) is 11.1 Å². The number of hydrogen-bond donors (Lipinski definition) is 0. The summed E-state index contributed by atoms with van der Waals surface area (Å²) in [6.07, 6.45) is -5.76. The Balaban J connectivity index is 1.28. The zero-order valence-corrected chi connectivity index (χ0v) is 21.8. The van der Waals surface area contributed by atoms with Gasteiger partial charge in [0.1, 0.15) is 11.5 Å². The van der Waals surface area contributed by atoms with E-state index < -0.39 is 12.7 Å². The van der Waals surface area contributed by atoms with Gasteiger partial charge in [0.2, 0.25) is 0 Å². The van der Waals surface area contributed by atoms with Gasteiger partial charge in [-0.1, -0.05) is 48.5 Å². The molecular weight excluding hydrogens is 558 g/mol. The van der Waals surface area contributed by atoms with Gasteiger partial charge in [0.25, 0.3) is 0 Å². The summed E-state index contributed by atoms with van der Waals surface area (Å²) in [5.74, 6) is -0.541. The van der Waals surface area contributed by atoms with Crippen molar-refractivity contribution < 1.29 is 35.8 Å². The van der Waals surface area contributed by atoms with Crippen LogP contribution in [0.4, 0.5) is 26.3 Å². The Kier molecular flexibility index (Phi) is 6.84. The van der Waals surface area contributed by atoms with Crippen LogP contribution in [0.25, 0.3) is 32.9 Å². The second-order valence-electron chi connectivity index (χ2n) is 9.82. The van der Waals surface area contributed by atoms with E-state index in [9.17, 15) is 26.3 Å². The number of nitrogens with zero attached hydrogens (tertiary/aromatic N) is 2. The lowest BCUT2D eigenvalue weighted by atomic mass is 10.0. The molecule has 2 heterocycles. The Morgan fingerprint density at radius 2 is 0.929 bits per heavy atom. The predicted octanol–water partition coefficient (Wildman–Crippen LogP) is 9.16. The summed E-state index contributed by atoms with van der Waals surface area (Å²) in [6, 6.07) is 27.7. The third-order valence-electron chi connectivity index (χ3n) is 6.85. The minimum absolute atomic E-state index is 0.270. The highest BCUT2D eigenvalue weighted by molar-refractivity contribution is 5.89. The summed E-state index contributed by atoms with van der Waals surface area (Å²) in [5, 5.41) is 1.96. The molecule has 0 spiro atoms. The van der Waals surface area contributed by atoms with Gasteiger partial charge in [-0.05, 0) is 81.6 Å². The third-order valence-corrected chi connectivity index (χ3v) is 6.85. The second kappa shape index (κ2) is 10.5. The fourth-order valence-corrected chi connectivity index (χ4v) is 5.08. The number of ether oxygens (including phenoxy) is 2. The first-order chi connectivity index (χ1) is 20.0. The van der Waals surface area contributed by atoms with E-state index in [-0.39, 0.29) is 11.5 Å². The molecule has 0 aliphatic carbocycles. The molecular formula is C32H22F6N2O2. The van der Waals surface area contributed by atoms with Gasteiger partial charge in [-0.25, -0.2) is 0 Å². The Bertz CT molecular complexity index is 1750. The summed E-state index contributed by atoms with van der Waals surface area (Å²) in [4.78, 5) is 0. The average molecular weight is 581 g/mol. The van der Waals surface area contributed by atoms with Crippen molar-refractivity contribution >= 4 is 21.8 Å². The van der Waals surface area contributed by atoms with Crippen LogP contribution in [-0.2, 0) is 13.1 Å². The summed E-state index contributed by atoms with van der Waals surface area (Å²) in [7, 11) is 0. The van der Waals surface area contributed by atoms with E-state index >= 15 is 0 Å². The van der Waals surface area contributed by atoms with Crippen LogP contribution in [0.2, 0.25) is 0 Å². The zero-order chi connectivity index (χ0) is 29.5. The predicted molar refractivity (Wildman–Crippen MR) is 147 cm³/mol. The van der Waals surface area contributed by atoms with Crippen LogP contribution >= 0.6 is 0 Å². The average Bonchev–Trinajstić information content (AvgIpc) is 3.50. The molecule has 6 aromatic rings. The Labute approximate surface area is 235 Å². The van der Waals surface area contributed by atoms with Crippen LogP contribution in [0.5, 0.6) is 11.5 Å². The fourth-order valence-electron chi connectivity index (χ4n) is 5.08. The van der Waals surface area contributed by atoms with Crippen molar-refractivity contribution in [1.82, 2.24) is 9.13 Å². The molecule has 0 radical (unpaired) electrons. The number of fused-ring (bicyclic) bond motifs is 2. The first-order valence-corrected chi connectivity index (χ1v) is 12.9. The van der Waals surface area contributed by atoms with E-state index in [1.54, 1.807) is 12.1 Å². The van der Waals surface area contributed by atoms with Gasteiger partial charge in [0.15, 0.2) is 0 Å². The maximum atomic E-state index is 12.7. The summed E-state index contributed by atoms with van der Waals surface area (Å²) in [6.45, 7) is 0.696. The van der Waals surface area contributed by atoms with Gasteiger partial charge in [0.05, 0.1) is 0 Å². The molecule has 0 atom stereocenters. The summed E-state index contributed by atoms with van der Waals surface area (Å²) >= 11 is 0. The maximum absolute atomic E-state index is 12.7. The molecule has 0 amide bonds. The molecule has 0 unspecified atom stereocenters. The molecule has 0 saturated carbocycles. The standard InChI is InChI=1S/C32H22F6N2O2/c33-31(34,35)41-27-5-1-3-21(15-27)19-39-13-11-23-7-9-25(17-29(23)39)26-10-8-24-12-14-40(30(24)18-26)20-22-4-2-6-28(16-22)42-32(36,37)38/h1-18H,19-20H2. The smallest absolute Gasteiger partial charge is 0.406 e. The molecule has 4 nitrogen and oxygen atoms in total. The van der Waals surface area contributed by atoms with Crippen LogP contribution in [-0.4, -0.2) is 21.9 Å². The minimum Gasteiger partial charge on any atom is -0.406 e. The topological polar surface area (TPSA) is 28.3 Å². The van der Waals surface area contributed by atoms with E-state index in [4.69, 9.17) is 0 Å². The molecule has 0 bridgehead atoms. The number of hydrogen-bond acceptors (Lipinski definition) is 2. The number of alkyl halides is 6. The minimum atomic E-state index is -4.76. The van der Waals surface area contributed by atoms with Crippen LogP contribution in [0.15, 0.2) is 109 Å². The van der Waals surface area contributed by atoms with E-state index in [0.717, 1.165) is 32.9 Å². The van der Waals surface area contributed by atoms with Crippen LogP contribution in [0.3, 0.4) is 0 Å². The van der Waals surface area contributed by atoms with Crippen molar-refractivity contribution in [1.29, 1.82) is 0 Å². The summed E-state index contributed by atoms with van der Waals surface area (Å²) in [5.41, 5.74) is 5.00. The molecule has 10 heteroatoms. The van der Waals surface area contributed by atoms with E-state index in [0.29, 0.717) is 24.2 Å². The second-order valence-corrected chi connectivity index (χ2v) is 9.82. The van der Waals surface area contributed by atoms with E-state index in [1.165, 1.54) is 36.4 Å². The molecule has 0 N–H and O–H groups in total. The zero-order valence-electron chi connectivity index (χ0n) is 21.8. The lowest BCUT2D eigenvalue weighted by molar-refractivity contribution is -0.275. The van der Waals surface area contributed by atoms with Crippen molar-refractivity contribution in [2.24, 2.45) is 0 Å². The maximum Gasteiger partial charge on any atom is 0.573 e. The highest BCUT2D eigenvalue weighted by Gasteiger charge is 2.31. The Morgan fingerprint density at radius 1 is 0.500 bits per heavy atom. The van der Waals surface area contributed by atoms with Gasteiger partial charge in [-0.15, -0.1) is 26.3 Å². The van der Waals surface area contributed by atoms with Crippen molar-refractivity contribution in [2.45, 2.75) is 25.8 Å². The summed E-state index contributed by atoms with van der Waals surface area (Å²) < 4.78 is 88.1. The fraction of sp³-hybridized carbons (Fsp3) is 0.125. The number of benzene rings is 4. The van der Waals surface area contributed by atoms with Crippen molar-refractivity contribution in [3.63, 3.8) is 0 Å². The molecule has 0 fully saturated rings. The van der Waals surface area contributed by atoms with Crippen molar-refractivity contribution in [3.05, 3.63) is 121 Å². The number of rotatable bonds is 7. The molecule has 42 heavy (non-hydrogen) atoms. The van der Waals surface area contributed by atoms with Gasteiger partial charge >= 0.3 is 12.7 Å². The van der Waals surface area contributed by atoms with Crippen LogP contribution < -0.4 is 9.47 Å². The Morgan fingerprint density at radius 3 is 1.33 bits per heavy atom. The number of aromatic nitrogens is 2. The molecule has 0 aliphatic rings. The third kappa shape index (κ3) is 6.22. The highest BCUT2D eigenvalue weighted by Crippen LogP contribution is 2.31. The largest absolute Gasteiger partial charge is 0.573 e. The molecule has 6 rings (SSSR count). The van der Waals surface area contributed by atoms with Crippen molar-refractivity contribution in [2.75, 3.05) is 0 Å². The van der Waals surface area contributed by atoms with Gasteiger partial charge in [0, 0.05) is 36.5 Å². The molecule has 2 aromatic heterocycles. The molecule has 0 saturated heterocycles. The monoisotopic (exact) mass is 580 g/mol. The van der Waals surface area contributed by atoms with E-state index in [1.807, 2.05) is 70.1 Å². The van der Waals surface area contributed by atoms with Gasteiger partial charge in [-0.2, -0.15) is 0 Å². The lowest BCUT2D eigenvalue weighted by Gasteiger charge is -2.12. The quantitative estimate of drug-likeness (QED) is 0.176. The molecule has 214 valence electrons. The van der Waals surface area contributed by atoms with Gasteiger partial charge in [-0.3, -0.25) is 0 Å². The first kappa shape index (κ1) is 27.3. The first-order valence-electron chi connectivity index (χ1n) is 12.9. The molecule has 4 aromatic carbocycles. The number of halogens is 6. The van der Waals surface area contributed by atoms with Crippen molar-refractivity contribution in [3.8, 4) is 22.6 Å². The van der Waals surface area contributed by atoms with Gasteiger partial charge < -0.3 is 18.6 Å². The Hall–Kier alpha value is -4.86.